The van der Waals surface area contributed by atoms with Crippen molar-refractivity contribution in [2.75, 3.05) is 63.5 Å². The van der Waals surface area contributed by atoms with Crippen molar-refractivity contribution in [3.8, 4) is 11.5 Å². The molecule has 6 rings (SSSR count). The molecule has 0 saturated carbocycles. The molecule has 460 valence electrons. The van der Waals surface area contributed by atoms with Crippen LogP contribution in [-0.4, -0.2) is 180 Å². The quantitative estimate of drug-likeness (QED) is 0.0653. The van der Waals surface area contributed by atoms with Crippen LogP contribution in [0.4, 0.5) is 0 Å². The van der Waals surface area contributed by atoms with Crippen LogP contribution in [-0.2, 0) is 60.7 Å². The van der Waals surface area contributed by atoms with Gasteiger partial charge in [0.05, 0.1) is 13.2 Å². The second kappa shape index (κ2) is 31.8. The molecule has 82 heavy (non-hydrogen) atoms. The van der Waals surface area contributed by atoms with Crippen LogP contribution in [0.1, 0.15) is 120 Å². The van der Waals surface area contributed by atoms with Crippen LogP contribution in [0.5, 0.6) is 11.5 Å². The summed E-state index contributed by atoms with van der Waals surface area (Å²) < 4.78 is 46.5. The van der Waals surface area contributed by atoms with Gasteiger partial charge in [0.25, 0.3) is 11.8 Å². The molecule has 18 nitrogen and oxygen atoms in total. The predicted octanol–water partition coefficient (Wildman–Crippen LogP) is 7.85. The van der Waals surface area contributed by atoms with Gasteiger partial charge in [0, 0.05) is 63.4 Å². The molecule has 4 N–H and O–H groups in total. The highest BCUT2D eigenvalue weighted by Gasteiger charge is 2.50. The number of carbonyl (C=O) groups is 4. The fraction of sp³-hybridized carbons (Fsp3) is 0.677. The minimum atomic E-state index is -1.15. The van der Waals surface area contributed by atoms with Crippen LogP contribution in [0.15, 0.2) is 72.8 Å². The highest BCUT2D eigenvalue weighted by Crippen LogP contribution is 2.34. The molecule has 2 aromatic rings. The Morgan fingerprint density at radius 1 is 0.634 bits per heavy atom. The normalized spacial score (nSPS) is 26.0. The number of aliphatic hydroxyl groups is 2. The van der Waals surface area contributed by atoms with Crippen molar-refractivity contribution in [3.05, 3.63) is 84.0 Å². The fourth-order valence-corrected chi connectivity index (χ4v) is 11.4. The number of rotatable bonds is 22. The molecule has 0 spiro atoms. The maximum Gasteiger partial charge on any atom is 0.252 e. The van der Waals surface area contributed by atoms with Crippen molar-refractivity contribution < 1.29 is 67.3 Å². The standard InChI is InChI=1S/2C31H48N2O7S/c2*1-8-9-17-38-22-12-10-21(11-13-22)19-33-16-18-41-20-23(29(33)36)32-28(35)27(37-7)26-25(34)24(14-15-30(2,3)4)39-31(5,6)40-26/h2*10-15,23-27,34H,8-9,16-20H2,1-7H3,(H,32,35)/b2*15-14+/t2*23?,24-,25+,26-,27-/m11/s1. The van der Waals surface area contributed by atoms with Gasteiger partial charge < -0.3 is 68.5 Å². The lowest BCUT2D eigenvalue weighted by molar-refractivity contribution is -0.334. The summed E-state index contributed by atoms with van der Waals surface area (Å²) >= 11 is 3.23. The monoisotopic (exact) mass is 1180 g/mol. The second-order valence-electron chi connectivity index (χ2n) is 24.4. The smallest absolute Gasteiger partial charge is 0.252 e. The van der Waals surface area contributed by atoms with Crippen LogP contribution < -0.4 is 20.1 Å². The van der Waals surface area contributed by atoms with E-state index in [1.807, 2.05) is 102 Å². The van der Waals surface area contributed by atoms with E-state index in [0.717, 1.165) is 59.8 Å². The lowest BCUT2D eigenvalue weighted by Gasteiger charge is -2.45. The van der Waals surface area contributed by atoms with E-state index in [1.165, 1.54) is 14.2 Å². The molecule has 2 unspecified atom stereocenters. The maximum absolute atomic E-state index is 13.5. The summed E-state index contributed by atoms with van der Waals surface area (Å²) in [5.74, 6) is 0.600. The van der Waals surface area contributed by atoms with E-state index in [1.54, 1.807) is 73.2 Å². The summed E-state index contributed by atoms with van der Waals surface area (Å²) in [4.78, 5) is 57.6. The average Bonchev–Trinajstić information content (AvgIpc) is 3.46. The van der Waals surface area contributed by atoms with Gasteiger partial charge in [-0.05, 0) is 86.8 Å². The first-order valence-electron chi connectivity index (χ1n) is 29.0. The molecule has 4 saturated heterocycles. The van der Waals surface area contributed by atoms with Crippen LogP contribution in [0.2, 0.25) is 0 Å². The molecule has 4 fully saturated rings. The summed E-state index contributed by atoms with van der Waals surface area (Å²) in [6.07, 6.45) is 3.72. The van der Waals surface area contributed by atoms with Crippen LogP contribution >= 0.6 is 23.5 Å². The number of thioether (sulfide) groups is 2. The molecule has 0 radical (unpaired) electrons. The van der Waals surface area contributed by atoms with Gasteiger partial charge in [-0.2, -0.15) is 23.5 Å². The van der Waals surface area contributed by atoms with Gasteiger partial charge in [-0.15, -0.1) is 0 Å². The van der Waals surface area contributed by atoms with Gasteiger partial charge in [0.1, 0.15) is 60.2 Å². The Kier molecular flexibility index (Phi) is 26.6. The van der Waals surface area contributed by atoms with Crippen LogP contribution in [0, 0.1) is 10.8 Å². The first-order valence-corrected chi connectivity index (χ1v) is 31.3. The molecule has 4 aliphatic rings. The molecule has 4 aliphatic heterocycles. The van der Waals surface area contributed by atoms with Crippen molar-refractivity contribution >= 4 is 47.2 Å². The third-order valence-corrected chi connectivity index (χ3v) is 15.9. The zero-order valence-electron chi connectivity index (χ0n) is 51.1. The lowest BCUT2D eigenvalue weighted by Crippen LogP contribution is -2.62. The van der Waals surface area contributed by atoms with E-state index in [-0.39, 0.29) is 22.6 Å². The minimum absolute atomic E-state index is 0.118. The lowest BCUT2D eigenvalue weighted by atomic mass is 9.93. The first-order chi connectivity index (χ1) is 38.7. The van der Waals surface area contributed by atoms with Gasteiger partial charge in [-0.3, -0.25) is 19.2 Å². The van der Waals surface area contributed by atoms with E-state index in [0.29, 0.717) is 50.9 Å². The number of amides is 4. The van der Waals surface area contributed by atoms with E-state index in [9.17, 15) is 29.4 Å². The van der Waals surface area contributed by atoms with E-state index >= 15 is 0 Å². The number of ether oxygens (including phenoxy) is 8. The molecule has 0 aromatic heterocycles. The molecule has 4 amide bonds. The number of nitrogens with zero attached hydrogens (tertiary/aromatic N) is 2. The summed E-state index contributed by atoms with van der Waals surface area (Å²) in [5, 5.41) is 28.1. The van der Waals surface area contributed by atoms with E-state index < -0.39 is 84.3 Å². The van der Waals surface area contributed by atoms with E-state index in [2.05, 4.69) is 24.5 Å². The summed E-state index contributed by atoms with van der Waals surface area (Å²) in [6, 6.07) is 14.1. The Morgan fingerprint density at radius 3 is 1.30 bits per heavy atom. The van der Waals surface area contributed by atoms with Gasteiger partial charge >= 0.3 is 0 Å². The zero-order valence-corrected chi connectivity index (χ0v) is 52.7. The molecule has 10 atom stereocenters. The van der Waals surface area contributed by atoms with Crippen molar-refractivity contribution in [3.63, 3.8) is 0 Å². The van der Waals surface area contributed by atoms with Crippen LogP contribution in [0.3, 0.4) is 0 Å². The average molecular weight is 1190 g/mol. The Balaban J connectivity index is 0.000000301. The van der Waals surface area contributed by atoms with Crippen molar-refractivity contribution in [1.29, 1.82) is 0 Å². The van der Waals surface area contributed by atoms with Gasteiger partial charge in [-0.25, -0.2) is 0 Å². The summed E-state index contributed by atoms with van der Waals surface area (Å²) in [6.45, 7) is 26.9. The summed E-state index contributed by atoms with van der Waals surface area (Å²) in [5.41, 5.74) is 1.74. The number of aliphatic hydroxyl groups excluding tert-OH is 2. The predicted molar refractivity (Wildman–Crippen MR) is 321 cm³/mol. The first kappa shape index (κ1) is 68.6. The number of allylic oxidation sites excluding steroid dienone is 2. The second-order valence-corrected chi connectivity index (χ2v) is 26.7. The number of hydrogen-bond donors (Lipinski definition) is 4. The van der Waals surface area contributed by atoms with Gasteiger partial charge in [-0.1, -0.05) is 117 Å². The fourth-order valence-electron chi connectivity index (χ4n) is 9.43. The largest absolute Gasteiger partial charge is 0.494 e. The van der Waals surface area contributed by atoms with Crippen molar-refractivity contribution in [1.82, 2.24) is 20.4 Å². The molecular formula is C62H96N4O14S2. The number of carbonyl (C=O) groups excluding carboxylic acids is 4. The molecule has 0 aliphatic carbocycles. The van der Waals surface area contributed by atoms with E-state index in [4.69, 9.17) is 37.9 Å². The zero-order chi connectivity index (χ0) is 60.4. The van der Waals surface area contributed by atoms with Crippen LogP contribution in [0.25, 0.3) is 0 Å². The summed E-state index contributed by atoms with van der Waals surface area (Å²) in [7, 11) is 2.79. The Hall–Kier alpha value is -4.22. The number of unbranched alkanes of at least 4 members (excludes halogenated alkanes) is 2. The molecule has 0 bridgehead atoms. The molecule has 4 heterocycles. The molecular weight excluding hydrogens is 1090 g/mol. The number of hydrogen-bond acceptors (Lipinski definition) is 16. The molecule has 20 heteroatoms. The SMILES string of the molecule is CCCCOc1ccc(CN2CCSCC(NC(=O)[C@H](OC)[C@@H]3OC(C)(C)O[C@H](/C=C/C(C)(C)C)[C@@H]3O)C2=O)cc1.CCCCOc1ccc(CN2CCSCC(NC(=O)[C@H](OC)[C@@H]3OC(C)(C)O[C@H](/C=C/C(C)(C)C)[C@@H]3O)C2=O)cc1. The topological polar surface area (TPSA) is 213 Å². The Morgan fingerprint density at radius 2 is 0.988 bits per heavy atom. The van der Waals surface area contributed by atoms with Gasteiger partial charge in [0.2, 0.25) is 11.8 Å². The number of nitrogens with one attached hydrogen (secondary N) is 2. The van der Waals surface area contributed by atoms with Gasteiger partial charge in [0.15, 0.2) is 23.8 Å². The minimum Gasteiger partial charge on any atom is -0.494 e. The number of methoxy groups -OCH3 is 2. The third kappa shape index (κ3) is 21.7. The Bertz CT molecular complexity index is 2210. The highest BCUT2D eigenvalue weighted by molar-refractivity contribution is 7.99. The highest BCUT2D eigenvalue weighted by atomic mass is 32.2. The van der Waals surface area contributed by atoms with Crippen molar-refractivity contribution in [2.24, 2.45) is 10.8 Å². The number of benzene rings is 2. The molecule has 2 aromatic carbocycles. The Labute approximate surface area is 496 Å². The maximum atomic E-state index is 13.5. The third-order valence-electron chi connectivity index (χ3n) is 13.8. The van der Waals surface area contributed by atoms with Crippen molar-refractivity contribution in [2.45, 2.75) is 194 Å².